The summed E-state index contributed by atoms with van der Waals surface area (Å²) < 4.78 is 5.42. The third-order valence-electron chi connectivity index (χ3n) is 2.78. The average molecular weight is 213 g/mol. The Morgan fingerprint density at radius 1 is 1.47 bits per heavy atom. The molecular formula is C13H27NO. The first-order chi connectivity index (χ1) is 7.05. The minimum absolute atomic E-state index is 0.00663. The van der Waals surface area contributed by atoms with E-state index in [0.29, 0.717) is 6.04 Å². The molecule has 0 aliphatic heterocycles. The first-order valence-corrected chi connectivity index (χ1v) is 5.95. The Hall–Kier alpha value is -0.340. The van der Waals surface area contributed by atoms with Crippen molar-refractivity contribution in [3.8, 4) is 0 Å². The topological polar surface area (TPSA) is 21.3 Å². The number of hydrogen-bond donors (Lipinski definition) is 1. The van der Waals surface area contributed by atoms with Crippen LogP contribution in [0.15, 0.2) is 12.7 Å². The van der Waals surface area contributed by atoms with Gasteiger partial charge < -0.3 is 10.1 Å². The first kappa shape index (κ1) is 14.7. The smallest absolute Gasteiger partial charge is 0.0623 e. The molecule has 0 saturated carbocycles. The molecule has 0 saturated heterocycles. The van der Waals surface area contributed by atoms with Gasteiger partial charge in [0.1, 0.15) is 0 Å². The minimum atomic E-state index is -0.00663. The molecule has 0 amide bonds. The summed E-state index contributed by atoms with van der Waals surface area (Å²) in [4.78, 5) is 0. The maximum absolute atomic E-state index is 5.42. The van der Waals surface area contributed by atoms with Crippen LogP contribution in [0.2, 0.25) is 0 Å². The molecule has 0 aliphatic carbocycles. The van der Waals surface area contributed by atoms with E-state index in [9.17, 15) is 0 Å². The molecule has 0 rings (SSSR count). The normalized spacial score (nSPS) is 13.9. The number of nitrogens with one attached hydrogen (secondary N) is 1. The van der Waals surface area contributed by atoms with Crippen molar-refractivity contribution in [3.05, 3.63) is 12.7 Å². The molecule has 1 unspecified atom stereocenters. The Morgan fingerprint density at radius 2 is 2.13 bits per heavy atom. The van der Waals surface area contributed by atoms with Gasteiger partial charge in [0.2, 0.25) is 0 Å². The van der Waals surface area contributed by atoms with Crippen LogP contribution in [0.3, 0.4) is 0 Å². The Bertz CT molecular complexity index is 166. The summed E-state index contributed by atoms with van der Waals surface area (Å²) in [6, 6.07) is 0.553. The van der Waals surface area contributed by atoms with Crippen LogP contribution in [0.25, 0.3) is 0 Å². The molecule has 0 aliphatic rings. The summed E-state index contributed by atoms with van der Waals surface area (Å²) >= 11 is 0. The van der Waals surface area contributed by atoms with Gasteiger partial charge in [0.15, 0.2) is 0 Å². The maximum Gasteiger partial charge on any atom is 0.0623 e. The highest BCUT2D eigenvalue weighted by Crippen LogP contribution is 2.17. The van der Waals surface area contributed by atoms with E-state index in [-0.39, 0.29) is 5.60 Å². The number of rotatable bonds is 9. The molecule has 2 heteroatoms. The third kappa shape index (κ3) is 7.57. The van der Waals surface area contributed by atoms with Gasteiger partial charge in [-0.1, -0.05) is 13.0 Å². The molecule has 0 fully saturated rings. The van der Waals surface area contributed by atoms with E-state index in [1.165, 1.54) is 6.42 Å². The molecule has 0 bridgehead atoms. The lowest BCUT2D eigenvalue weighted by atomic mass is 9.97. The highest BCUT2D eigenvalue weighted by atomic mass is 16.5. The molecule has 2 nitrogen and oxygen atoms in total. The van der Waals surface area contributed by atoms with Gasteiger partial charge in [-0.15, -0.1) is 6.58 Å². The van der Waals surface area contributed by atoms with Gasteiger partial charge in [-0.3, -0.25) is 0 Å². The van der Waals surface area contributed by atoms with Gasteiger partial charge in [-0.2, -0.15) is 0 Å². The highest BCUT2D eigenvalue weighted by molar-refractivity contribution is 4.80. The van der Waals surface area contributed by atoms with Gasteiger partial charge in [0.25, 0.3) is 0 Å². The van der Waals surface area contributed by atoms with Crippen molar-refractivity contribution in [2.45, 2.75) is 58.1 Å². The van der Waals surface area contributed by atoms with E-state index in [4.69, 9.17) is 4.74 Å². The number of ether oxygens (including phenoxy) is 1. The second-order valence-corrected chi connectivity index (χ2v) is 4.68. The molecule has 0 radical (unpaired) electrons. The first-order valence-electron chi connectivity index (χ1n) is 5.95. The Balaban J connectivity index is 3.88. The van der Waals surface area contributed by atoms with Crippen molar-refractivity contribution in [1.82, 2.24) is 5.32 Å². The summed E-state index contributed by atoms with van der Waals surface area (Å²) in [5, 5.41) is 3.54. The van der Waals surface area contributed by atoms with Crippen molar-refractivity contribution in [1.29, 1.82) is 0 Å². The van der Waals surface area contributed by atoms with Crippen LogP contribution in [0.5, 0.6) is 0 Å². The summed E-state index contributed by atoms with van der Waals surface area (Å²) in [5.74, 6) is 0. The summed E-state index contributed by atoms with van der Waals surface area (Å²) in [5.41, 5.74) is -0.00663. The molecule has 0 spiro atoms. The molecule has 0 aromatic rings. The molecule has 90 valence electrons. The van der Waals surface area contributed by atoms with Gasteiger partial charge in [-0.25, -0.2) is 0 Å². The lowest BCUT2D eigenvalue weighted by molar-refractivity contribution is 0.0118. The van der Waals surface area contributed by atoms with E-state index in [0.717, 1.165) is 25.8 Å². The van der Waals surface area contributed by atoms with E-state index in [1.54, 1.807) is 7.11 Å². The highest BCUT2D eigenvalue weighted by Gasteiger charge is 2.18. The number of hydrogen-bond acceptors (Lipinski definition) is 2. The van der Waals surface area contributed by atoms with Crippen molar-refractivity contribution < 1.29 is 4.74 Å². The van der Waals surface area contributed by atoms with Crippen LogP contribution < -0.4 is 5.32 Å². The average Bonchev–Trinajstić information content (AvgIpc) is 2.22. The zero-order valence-electron chi connectivity index (χ0n) is 10.8. The fourth-order valence-electron chi connectivity index (χ4n) is 1.48. The van der Waals surface area contributed by atoms with Crippen LogP contribution in [0.4, 0.5) is 0 Å². The monoisotopic (exact) mass is 213 g/mol. The number of methoxy groups -OCH3 is 1. The quantitative estimate of drug-likeness (QED) is 0.594. The summed E-state index contributed by atoms with van der Waals surface area (Å²) in [6.07, 6.45) is 6.44. The van der Waals surface area contributed by atoms with Crippen molar-refractivity contribution in [2.24, 2.45) is 0 Å². The van der Waals surface area contributed by atoms with Crippen molar-refractivity contribution in [3.63, 3.8) is 0 Å². The molecule has 1 atom stereocenters. The van der Waals surface area contributed by atoms with Crippen LogP contribution in [-0.2, 0) is 4.74 Å². The Morgan fingerprint density at radius 3 is 2.60 bits per heavy atom. The maximum atomic E-state index is 5.42. The molecule has 0 aromatic heterocycles. The second kappa shape index (κ2) is 7.89. The van der Waals surface area contributed by atoms with E-state index in [1.807, 2.05) is 6.08 Å². The zero-order chi connectivity index (χ0) is 11.7. The SMILES string of the molecule is C=CCC(CCC(C)(C)OC)NCCC. The summed E-state index contributed by atoms with van der Waals surface area (Å²) in [7, 11) is 1.78. The molecule has 0 heterocycles. The van der Waals surface area contributed by atoms with Gasteiger partial charge in [0, 0.05) is 13.2 Å². The van der Waals surface area contributed by atoms with Crippen molar-refractivity contribution in [2.75, 3.05) is 13.7 Å². The van der Waals surface area contributed by atoms with Crippen molar-refractivity contribution >= 4 is 0 Å². The van der Waals surface area contributed by atoms with Crippen LogP contribution in [-0.4, -0.2) is 25.3 Å². The Kier molecular flexibility index (Phi) is 7.71. The minimum Gasteiger partial charge on any atom is -0.379 e. The second-order valence-electron chi connectivity index (χ2n) is 4.68. The van der Waals surface area contributed by atoms with Gasteiger partial charge >= 0.3 is 0 Å². The van der Waals surface area contributed by atoms with E-state index >= 15 is 0 Å². The standard InChI is InChI=1S/C13H27NO/c1-6-8-12(14-11-7-2)9-10-13(3,4)15-5/h6,12,14H,1,7-11H2,2-5H3. The summed E-state index contributed by atoms with van der Waals surface area (Å²) in [6.45, 7) is 11.4. The zero-order valence-corrected chi connectivity index (χ0v) is 10.8. The predicted molar refractivity (Wildman–Crippen MR) is 67.2 cm³/mol. The third-order valence-corrected chi connectivity index (χ3v) is 2.78. The van der Waals surface area contributed by atoms with E-state index in [2.05, 4.69) is 32.7 Å². The van der Waals surface area contributed by atoms with Gasteiger partial charge in [0.05, 0.1) is 5.60 Å². The molecule has 15 heavy (non-hydrogen) atoms. The van der Waals surface area contributed by atoms with Crippen LogP contribution >= 0.6 is 0 Å². The van der Waals surface area contributed by atoms with Crippen LogP contribution in [0, 0.1) is 0 Å². The van der Waals surface area contributed by atoms with E-state index < -0.39 is 0 Å². The molecular weight excluding hydrogens is 186 g/mol. The predicted octanol–water partition coefficient (Wildman–Crippen LogP) is 3.14. The lowest BCUT2D eigenvalue weighted by Gasteiger charge is -2.26. The fourth-order valence-corrected chi connectivity index (χ4v) is 1.48. The largest absolute Gasteiger partial charge is 0.379 e. The fraction of sp³-hybridized carbons (Fsp3) is 0.846. The molecule has 1 N–H and O–H groups in total. The van der Waals surface area contributed by atoms with Crippen LogP contribution in [0.1, 0.15) is 46.5 Å². The lowest BCUT2D eigenvalue weighted by Crippen LogP contribution is -2.32. The Labute approximate surface area is 95.1 Å². The molecule has 0 aromatic carbocycles. The van der Waals surface area contributed by atoms with Gasteiger partial charge in [-0.05, 0) is 46.1 Å².